The number of ether oxygens (including phenoxy) is 3. The van der Waals surface area contributed by atoms with Crippen LogP contribution in [0.2, 0.25) is 0 Å². The number of rotatable bonds is 7. The monoisotopic (exact) mass is 334 g/mol. The molecule has 0 radical (unpaired) electrons. The minimum atomic E-state index is -2.89. The smallest absolute Gasteiger partial charge is 0.387 e. The van der Waals surface area contributed by atoms with Gasteiger partial charge in [0.15, 0.2) is 17.3 Å². The van der Waals surface area contributed by atoms with Gasteiger partial charge in [-0.2, -0.15) is 8.78 Å². The molecule has 0 aliphatic heterocycles. The van der Waals surface area contributed by atoms with Crippen LogP contribution in [0.25, 0.3) is 6.08 Å². The van der Waals surface area contributed by atoms with Crippen LogP contribution in [0, 0.1) is 0 Å². The predicted molar refractivity (Wildman–Crippen MR) is 86.0 cm³/mol. The number of carbonyl (C=O) groups excluding carboxylic acids is 1. The van der Waals surface area contributed by atoms with Crippen molar-refractivity contribution < 1.29 is 27.8 Å². The number of allylic oxidation sites excluding steroid dienone is 1. The van der Waals surface area contributed by atoms with Gasteiger partial charge >= 0.3 is 6.61 Å². The first-order valence-electron chi connectivity index (χ1n) is 7.03. The maximum Gasteiger partial charge on any atom is 0.387 e. The van der Waals surface area contributed by atoms with Crippen molar-refractivity contribution in [2.75, 3.05) is 14.2 Å². The summed E-state index contributed by atoms with van der Waals surface area (Å²) in [6, 6.07) is 10.8. The Morgan fingerprint density at radius 1 is 1.00 bits per heavy atom. The van der Waals surface area contributed by atoms with Gasteiger partial charge in [-0.15, -0.1) is 0 Å². The second-order valence-corrected chi connectivity index (χ2v) is 4.71. The number of benzene rings is 2. The molecule has 0 saturated heterocycles. The quantitative estimate of drug-likeness (QED) is 0.562. The van der Waals surface area contributed by atoms with Gasteiger partial charge in [0.1, 0.15) is 5.75 Å². The first-order valence-corrected chi connectivity index (χ1v) is 7.03. The Hall–Kier alpha value is -2.89. The summed E-state index contributed by atoms with van der Waals surface area (Å²) >= 11 is 0. The van der Waals surface area contributed by atoms with Gasteiger partial charge in [-0.05, 0) is 48.0 Å². The summed E-state index contributed by atoms with van der Waals surface area (Å²) in [7, 11) is 3.07. The van der Waals surface area contributed by atoms with E-state index >= 15 is 0 Å². The van der Waals surface area contributed by atoms with Crippen LogP contribution in [-0.4, -0.2) is 26.6 Å². The normalized spacial score (nSPS) is 10.9. The predicted octanol–water partition coefficient (Wildman–Crippen LogP) is 4.20. The zero-order valence-electron chi connectivity index (χ0n) is 13.2. The first kappa shape index (κ1) is 17.5. The fourth-order valence-electron chi connectivity index (χ4n) is 2.03. The Kier molecular flexibility index (Phi) is 5.89. The highest BCUT2D eigenvalue weighted by atomic mass is 19.3. The summed E-state index contributed by atoms with van der Waals surface area (Å²) in [5.41, 5.74) is 1.13. The third kappa shape index (κ3) is 4.55. The highest BCUT2D eigenvalue weighted by molar-refractivity contribution is 6.06. The van der Waals surface area contributed by atoms with Crippen molar-refractivity contribution in [3.05, 3.63) is 59.7 Å². The highest BCUT2D eigenvalue weighted by Crippen LogP contribution is 2.28. The van der Waals surface area contributed by atoms with Crippen molar-refractivity contribution >= 4 is 11.9 Å². The Bertz CT molecular complexity index is 724. The molecule has 0 bridgehead atoms. The molecule has 0 saturated carbocycles. The van der Waals surface area contributed by atoms with Crippen LogP contribution in [0.1, 0.15) is 15.9 Å². The van der Waals surface area contributed by atoms with Gasteiger partial charge in [-0.3, -0.25) is 4.79 Å². The van der Waals surface area contributed by atoms with Crippen LogP contribution in [0.5, 0.6) is 17.2 Å². The number of carbonyl (C=O) groups is 1. The number of hydrogen-bond donors (Lipinski definition) is 0. The average Bonchev–Trinajstić information content (AvgIpc) is 2.59. The second kappa shape index (κ2) is 8.10. The molecular formula is C18H16F2O4. The van der Waals surface area contributed by atoms with Crippen molar-refractivity contribution in [2.24, 2.45) is 0 Å². The largest absolute Gasteiger partial charge is 0.493 e. The molecule has 0 amide bonds. The van der Waals surface area contributed by atoms with Gasteiger partial charge in [-0.25, -0.2) is 0 Å². The molecule has 2 aromatic rings. The molecule has 24 heavy (non-hydrogen) atoms. The zero-order valence-corrected chi connectivity index (χ0v) is 13.2. The maximum absolute atomic E-state index is 12.1. The van der Waals surface area contributed by atoms with E-state index in [0.717, 1.165) is 5.56 Å². The Labute approximate surface area is 138 Å². The van der Waals surface area contributed by atoms with Crippen LogP contribution in [0.4, 0.5) is 8.78 Å². The zero-order chi connectivity index (χ0) is 17.5. The number of alkyl halides is 2. The Balaban J connectivity index is 2.10. The number of ketones is 1. The molecule has 0 aromatic heterocycles. The number of hydrogen-bond acceptors (Lipinski definition) is 4. The van der Waals surface area contributed by atoms with E-state index in [1.807, 2.05) is 0 Å². The van der Waals surface area contributed by atoms with Gasteiger partial charge in [-0.1, -0.05) is 12.1 Å². The Morgan fingerprint density at radius 3 is 2.25 bits per heavy atom. The lowest BCUT2D eigenvalue weighted by molar-refractivity contribution is -0.0498. The first-order chi connectivity index (χ1) is 11.5. The van der Waals surface area contributed by atoms with Crippen LogP contribution in [0.3, 0.4) is 0 Å². The van der Waals surface area contributed by atoms with Gasteiger partial charge in [0.2, 0.25) is 0 Å². The number of halogens is 2. The SMILES string of the molecule is COc1ccc(C=CC(=O)c2ccc(OC(F)F)cc2)cc1OC. The lowest BCUT2D eigenvalue weighted by Crippen LogP contribution is -2.02. The molecule has 0 spiro atoms. The molecule has 4 nitrogen and oxygen atoms in total. The van der Waals surface area contributed by atoms with Gasteiger partial charge < -0.3 is 14.2 Å². The standard InChI is InChI=1S/C18H16F2O4/c1-22-16-10-4-12(11-17(16)23-2)3-9-15(21)13-5-7-14(8-6-13)24-18(19)20/h3-11,18H,1-2H3. The summed E-state index contributed by atoms with van der Waals surface area (Å²) in [6.07, 6.45) is 3.03. The second-order valence-electron chi connectivity index (χ2n) is 4.71. The lowest BCUT2D eigenvalue weighted by Gasteiger charge is -2.07. The third-order valence-corrected chi connectivity index (χ3v) is 3.20. The van der Waals surface area contributed by atoms with Crippen LogP contribution < -0.4 is 14.2 Å². The van der Waals surface area contributed by atoms with E-state index in [9.17, 15) is 13.6 Å². The Morgan fingerprint density at radius 2 is 1.67 bits per heavy atom. The molecule has 0 aliphatic rings. The lowest BCUT2D eigenvalue weighted by atomic mass is 10.1. The molecule has 0 atom stereocenters. The van der Waals surface area contributed by atoms with Crippen molar-refractivity contribution in [1.82, 2.24) is 0 Å². The van der Waals surface area contributed by atoms with E-state index in [-0.39, 0.29) is 11.5 Å². The molecule has 2 aromatic carbocycles. The summed E-state index contributed by atoms with van der Waals surface area (Å²) in [6.45, 7) is -2.89. The molecule has 2 rings (SSSR count). The van der Waals surface area contributed by atoms with E-state index in [0.29, 0.717) is 17.1 Å². The molecule has 0 unspecified atom stereocenters. The van der Waals surface area contributed by atoms with Crippen molar-refractivity contribution in [1.29, 1.82) is 0 Å². The van der Waals surface area contributed by atoms with E-state index in [1.54, 1.807) is 24.3 Å². The van der Waals surface area contributed by atoms with Crippen LogP contribution in [-0.2, 0) is 0 Å². The van der Waals surface area contributed by atoms with Crippen molar-refractivity contribution in [3.8, 4) is 17.2 Å². The number of methoxy groups -OCH3 is 2. The van der Waals surface area contributed by atoms with Crippen molar-refractivity contribution in [2.45, 2.75) is 6.61 Å². The fraction of sp³-hybridized carbons (Fsp3) is 0.167. The summed E-state index contributed by atoms with van der Waals surface area (Å²) < 4.78 is 38.7. The van der Waals surface area contributed by atoms with E-state index in [1.165, 1.54) is 44.6 Å². The van der Waals surface area contributed by atoms with E-state index in [4.69, 9.17) is 9.47 Å². The highest BCUT2D eigenvalue weighted by Gasteiger charge is 2.07. The van der Waals surface area contributed by atoms with Gasteiger partial charge in [0.05, 0.1) is 14.2 Å². The summed E-state index contributed by atoms with van der Waals surface area (Å²) in [4.78, 5) is 12.1. The van der Waals surface area contributed by atoms with Gasteiger partial charge in [0.25, 0.3) is 0 Å². The molecule has 0 aliphatic carbocycles. The maximum atomic E-state index is 12.1. The topological polar surface area (TPSA) is 44.8 Å². The third-order valence-electron chi connectivity index (χ3n) is 3.20. The fourth-order valence-corrected chi connectivity index (χ4v) is 2.03. The van der Waals surface area contributed by atoms with Crippen molar-refractivity contribution in [3.63, 3.8) is 0 Å². The van der Waals surface area contributed by atoms with Crippen LogP contribution >= 0.6 is 0 Å². The summed E-state index contributed by atoms with van der Waals surface area (Å²) in [5.74, 6) is 0.898. The van der Waals surface area contributed by atoms with Crippen LogP contribution in [0.15, 0.2) is 48.5 Å². The molecule has 0 fully saturated rings. The molecule has 126 valence electrons. The molecule has 6 heteroatoms. The van der Waals surface area contributed by atoms with Gasteiger partial charge in [0, 0.05) is 5.56 Å². The summed E-state index contributed by atoms with van der Waals surface area (Å²) in [5, 5.41) is 0. The molecule has 0 N–H and O–H groups in total. The minimum absolute atomic E-state index is 0.00502. The minimum Gasteiger partial charge on any atom is -0.493 e. The average molecular weight is 334 g/mol. The van der Waals surface area contributed by atoms with E-state index < -0.39 is 6.61 Å². The molecular weight excluding hydrogens is 318 g/mol. The molecule has 0 heterocycles. The van der Waals surface area contributed by atoms with E-state index in [2.05, 4.69) is 4.74 Å².